The quantitative estimate of drug-likeness (QED) is 0.444. The number of nitrogens with one attached hydrogen (secondary N) is 1. The van der Waals surface area contributed by atoms with Gasteiger partial charge in [-0.2, -0.15) is 0 Å². The number of halogens is 1. The van der Waals surface area contributed by atoms with Gasteiger partial charge in [-0.1, -0.05) is 48.4 Å². The fourth-order valence-corrected chi connectivity index (χ4v) is 5.14. The zero-order valence-electron chi connectivity index (χ0n) is 19.2. The summed E-state index contributed by atoms with van der Waals surface area (Å²) in [4.78, 5) is 15.5. The van der Waals surface area contributed by atoms with Crippen molar-refractivity contribution in [1.29, 1.82) is 0 Å². The van der Waals surface area contributed by atoms with Crippen LogP contribution in [0.2, 0.25) is 5.02 Å². The maximum atomic E-state index is 13.0. The van der Waals surface area contributed by atoms with E-state index in [4.69, 9.17) is 11.6 Å². The monoisotopic (exact) mass is 451 g/mol. The topological polar surface area (TPSA) is 37.3 Å². The van der Waals surface area contributed by atoms with E-state index in [9.17, 15) is 4.79 Å². The molecule has 3 aromatic rings. The number of aryl methyl sites for hydroxylation is 1. The zero-order valence-corrected chi connectivity index (χ0v) is 19.9. The van der Waals surface area contributed by atoms with Crippen molar-refractivity contribution in [2.75, 3.05) is 19.6 Å². The minimum Gasteiger partial charge on any atom is -0.356 e. The molecule has 1 aliphatic heterocycles. The molecule has 0 bridgehead atoms. The highest BCUT2D eigenvalue weighted by Gasteiger charge is 2.22. The molecule has 2 unspecified atom stereocenters. The Balaban J connectivity index is 1.45. The Morgan fingerprint density at radius 3 is 2.72 bits per heavy atom. The highest BCUT2D eigenvalue weighted by atomic mass is 35.5. The first kappa shape index (κ1) is 22.9. The number of amides is 1. The van der Waals surface area contributed by atoms with Crippen molar-refractivity contribution in [3.05, 3.63) is 70.9 Å². The van der Waals surface area contributed by atoms with Gasteiger partial charge >= 0.3 is 0 Å². The Hall–Kier alpha value is -2.30. The predicted octanol–water partition coefficient (Wildman–Crippen LogP) is 5.73. The van der Waals surface area contributed by atoms with Crippen LogP contribution in [0.15, 0.2) is 54.7 Å². The molecule has 0 saturated carbocycles. The lowest BCUT2D eigenvalue weighted by molar-refractivity contribution is -0.121. The molecule has 4 rings (SSSR count). The summed E-state index contributed by atoms with van der Waals surface area (Å²) in [6.45, 7) is 5.30. The molecule has 1 aliphatic rings. The van der Waals surface area contributed by atoms with Gasteiger partial charge in [-0.15, -0.1) is 0 Å². The Labute approximate surface area is 196 Å². The van der Waals surface area contributed by atoms with Crippen LogP contribution in [-0.2, 0) is 11.8 Å². The number of hydrogen-bond acceptors (Lipinski definition) is 2. The number of piperidine rings is 1. The summed E-state index contributed by atoms with van der Waals surface area (Å²) in [5.74, 6) is 0.0880. The van der Waals surface area contributed by atoms with Crippen molar-refractivity contribution in [3.8, 4) is 0 Å². The van der Waals surface area contributed by atoms with Crippen LogP contribution in [0.25, 0.3) is 10.9 Å². The van der Waals surface area contributed by atoms with E-state index in [-0.39, 0.29) is 11.8 Å². The summed E-state index contributed by atoms with van der Waals surface area (Å²) in [5, 5.41) is 5.08. The number of aromatic nitrogens is 1. The van der Waals surface area contributed by atoms with Gasteiger partial charge in [0.1, 0.15) is 0 Å². The van der Waals surface area contributed by atoms with E-state index in [0.717, 1.165) is 25.1 Å². The van der Waals surface area contributed by atoms with Gasteiger partial charge in [-0.3, -0.25) is 4.79 Å². The smallest absolute Gasteiger partial charge is 0.220 e. The number of carbonyl (C=O) groups excluding carboxylic acids is 1. The molecule has 4 nitrogen and oxygen atoms in total. The lowest BCUT2D eigenvalue weighted by Gasteiger charge is -2.33. The van der Waals surface area contributed by atoms with Gasteiger partial charge in [0, 0.05) is 60.6 Å². The van der Waals surface area contributed by atoms with E-state index in [0.29, 0.717) is 17.5 Å². The molecule has 2 aromatic carbocycles. The highest BCUT2D eigenvalue weighted by Crippen LogP contribution is 2.34. The average molecular weight is 452 g/mol. The van der Waals surface area contributed by atoms with Crippen LogP contribution in [0.1, 0.15) is 56.1 Å². The lowest BCUT2D eigenvalue weighted by Crippen LogP contribution is -2.39. The van der Waals surface area contributed by atoms with Crippen LogP contribution in [0, 0.1) is 0 Å². The Morgan fingerprint density at radius 2 is 1.94 bits per heavy atom. The summed E-state index contributed by atoms with van der Waals surface area (Å²) < 4.78 is 2.14. The second kappa shape index (κ2) is 10.5. The first-order chi connectivity index (χ1) is 15.5. The molecule has 0 radical (unpaired) electrons. The summed E-state index contributed by atoms with van der Waals surface area (Å²) in [5.41, 5.74) is 3.48. The number of para-hydroxylation sites is 1. The van der Waals surface area contributed by atoms with Gasteiger partial charge in [-0.05, 0) is 62.1 Å². The summed E-state index contributed by atoms with van der Waals surface area (Å²) in [7, 11) is 2.06. The van der Waals surface area contributed by atoms with Gasteiger partial charge in [0.05, 0.1) is 0 Å². The molecule has 1 N–H and O–H groups in total. The van der Waals surface area contributed by atoms with E-state index in [1.807, 2.05) is 24.3 Å². The lowest BCUT2D eigenvalue weighted by atomic mass is 9.88. The number of nitrogens with zero attached hydrogens (tertiary/aromatic N) is 2. The maximum Gasteiger partial charge on any atom is 0.220 e. The second-order valence-electron chi connectivity index (χ2n) is 9.11. The SMILES string of the molecule is CC1CCCCN1CCCNC(=O)CC(c1ccc(Cl)cc1)c1cn(C)c2ccccc12. The normalized spacial score (nSPS) is 18.0. The Kier molecular flexibility index (Phi) is 7.54. The van der Waals surface area contributed by atoms with Gasteiger partial charge in [0.25, 0.3) is 0 Å². The van der Waals surface area contributed by atoms with Crippen LogP contribution < -0.4 is 5.32 Å². The van der Waals surface area contributed by atoms with Crippen LogP contribution in [0.3, 0.4) is 0 Å². The van der Waals surface area contributed by atoms with Crippen molar-refractivity contribution < 1.29 is 4.79 Å². The zero-order chi connectivity index (χ0) is 22.5. The Morgan fingerprint density at radius 1 is 1.16 bits per heavy atom. The molecule has 1 aromatic heterocycles. The molecule has 1 fully saturated rings. The fourth-order valence-electron chi connectivity index (χ4n) is 5.01. The number of likely N-dealkylation sites (tertiary alicyclic amines) is 1. The predicted molar refractivity (Wildman–Crippen MR) is 133 cm³/mol. The molecule has 2 heterocycles. The minimum atomic E-state index is -0.0134. The summed E-state index contributed by atoms with van der Waals surface area (Å²) in [6.07, 6.45) is 7.51. The van der Waals surface area contributed by atoms with E-state index in [1.54, 1.807) is 0 Å². The molecule has 5 heteroatoms. The van der Waals surface area contributed by atoms with Crippen LogP contribution >= 0.6 is 11.6 Å². The van der Waals surface area contributed by atoms with Crippen molar-refractivity contribution in [3.63, 3.8) is 0 Å². The van der Waals surface area contributed by atoms with Gasteiger partial charge in [0.2, 0.25) is 5.91 Å². The first-order valence-corrected chi connectivity index (χ1v) is 12.2. The van der Waals surface area contributed by atoms with Crippen LogP contribution in [-0.4, -0.2) is 41.1 Å². The highest BCUT2D eigenvalue weighted by molar-refractivity contribution is 6.30. The van der Waals surface area contributed by atoms with Gasteiger partial charge < -0.3 is 14.8 Å². The summed E-state index contributed by atoms with van der Waals surface area (Å²) in [6, 6.07) is 17.0. The third-order valence-corrected chi connectivity index (χ3v) is 7.10. The van der Waals surface area contributed by atoms with E-state index in [1.165, 1.54) is 42.3 Å². The minimum absolute atomic E-state index is 0.0134. The Bertz CT molecular complexity index is 1040. The van der Waals surface area contributed by atoms with Crippen molar-refractivity contribution in [2.45, 2.75) is 51.0 Å². The number of fused-ring (bicyclic) bond motifs is 1. The third-order valence-electron chi connectivity index (χ3n) is 6.85. The second-order valence-corrected chi connectivity index (χ2v) is 9.54. The van der Waals surface area contributed by atoms with Crippen molar-refractivity contribution in [1.82, 2.24) is 14.8 Å². The average Bonchev–Trinajstić information content (AvgIpc) is 3.13. The number of benzene rings is 2. The molecule has 2 atom stereocenters. The molecular weight excluding hydrogens is 418 g/mol. The fraction of sp³-hybridized carbons (Fsp3) is 0.444. The number of rotatable bonds is 8. The van der Waals surface area contributed by atoms with Crippen LogP contribution in [0.4, 0.5) is 0 Å². The van der Waals surface area contributed by atoms with Crippen molar-refractivity contribution >= 4 is 28.4 Å². The van der Waals surface area contributed by atoms with E-state index >= 15 is 0 Å². The van der Waals surface area contributed by atoms with Gasteiger partial charge in [-0.25, -0.2) is 0 Å². The largest absolute Gasteiger partial charge is 0.356 e. The standard InChI is InChI=1S/C27H34ClN3O/c1-20-8-5-6-16-31(20)17-7-15-29-27(32)18-24(21-11-13-22(28)14-12-21)25-19-30(2)26-10-4-3-9-23(25)26/h3-4,9-14,19-20,24H,5-8,15-18H2,1-2H3,(H,29,32). The molecule has 0 aliphatic carbocycles. The van der Waals surface area contributed by atoms with Gasteiger partial charge in [0.15, 0.2) is 0 Å². The molecule has 170 valence electrons. The molecule has 1 amide bonds. The van der Waals surface area contributed by atoms with Crippen LogP contribution in [0.5, 0.6) is 0 Å². The number of hydrogen-bond donors (Lipinski definition) is 1. The molecule has 1 saturated heterocycles. The van der Waals surface area contributed by atoms with E-state index < -0.39 is 0 Å². The molecular formula is C27H34ClN3O. The first-order valence-electron chi connectivity index (χ1n) is 11.8. The van der Waals surface area contributed by atoms with Crippen molar-refractivity contribution in [2.24, 2.45) is 7.05 Å². The maximum absolute atomic E-state index is 13.0. The number of carbonyl (C=O) groups is 1. The molecule has 32 heavy (non-hydrogen) atoms. The van der Waals surface area contributed by atoms with E-state index in [2.05, 4.69) is 59.2 Å². The third kappa shape index (κ3) is 5.36. The molecule has 0 spiro atoms. The summed E-state index contributed by atoms with van der Waals surface area (Å²) >= 11 is 6.14.